The first-order valence-corrected chi connectivity index (χ1v) is 12.5. The van der Waals surface area contributed by atoms with Crippen LogP contribution in [0.15, 0.2) is 72.8 Å². The summed E-state index contributed by atoms with van der Waals surface area (Å²) in [5.41, 5.74) is 3.98. The molecule has 1 aliphatic heterocycles. The van der Waals surface area contributed by atoms with Gasteiger partial charge < -0.3 is 15.5 Å². The maximum absolute atomic E-state index is 12.4. The van der Waals surface area contributed by atoms with Crippen molar-refractivity contribution in [3.05, 3.63) is 83.9 Å². The van der Waals surface area contributed by atoms with Crippen molar-refractivity contribution >= 4 is 44.8 Å². The number of benzene rings is 3. The predicted molar refractivity (Wildman–Crippen MR) is 142 cm³/mol. The third kappa shape index (κ3) is 5.38. The van der Waals surface area contributed by atoms with E-state index in [-0.39, 0.29) is 6.03 Å². The molecule has 174 valence electrons. The van der Waals surface area contributed by atoms with Crippen molar-refractivity contribution in [1.82, 2.24) is 9.27 Å². The zero-order chi connectivity index (χ0) is 23.3. The van der Waals surface area contributed by atoms with Gasteiger partial charge in [-0.15, -0.1) is 0 Å². The number of carbonyl (C=O) groups excluding carboxylic acids is 1. The summed E-state index contributed by atoms with van der Waals surface area (Å²) in [7, 11) is 0. The first-order valence-electron chi connectivity index (χ1n) is 11.7. The van der Waals surface area contributed by atoms with E-state index < -0.39 is 0 Å². The van der Waals surface area contributed by atoms with Crippen LogP contribution in [-0.4, -0.2) is 48.0 Å². The molecule has 1 aromatic heterocycles. The van der Waals surface area contributed by atoms with Gasteiger partial charge in [0, 0.05) is 49.5 Å². The summed E-state index contributed by atoms with van der Waals surface area (Å²) in [6.07, 6.45) is 0.953. The standard InChI is InChI=1S/C27H29N5OS/c1-20-9-11-22(12-10-20)28-27(33)29-23-6-4-5-21(19-23)13-14-31-15-17-32(18-16-31)26-24-7-2-3-8-25(24)34-30-26/h2-12,19H,13-18H2,1H3,(H2,28,29,33). The van der Waals surface area contributed by atoms with E-state index in [9.17, 15) is 4.79 Å². The number of carbonyl (C=O) groups is 1. The number of aryl methyl sites for hydroxylation is 1. The molecular formula is C27H29N5OS. The SMILES string of the molecule is Cc1ccc(NC(=O)Nc2cccc(CCN3CCN(c4nsc5ccccc45)CC3)c2)cc1. The van der Waals surface area contributed by atoms with E-state index >= 15 is 0 Å². The number of nitrogens with zero attached hydrogens (tertiary/aromatic N) is 3. The summed E-state index contributed by atoms with van der Waals surface area (Å²) >= 11 is 1.58. The Hall–Kier alpha value is -3.42. The van der Waals surface area contributed by atoms with Gasteiger partial charge in [-0.1, -0.05) is 42.0 Å². The van der Waals surface area contributed by atoms with Crippen molar-refractivity contribution in [3.8, 4) is 0 Å². The van der Waals surface area contributed by atoms with Gasteiger partial charge in [-0.05, 0) is 66.8 Å². The molecule has 0 saturated carbocycles. The van der Waals surface area contributed by atoms with Gasteiger partial charge in [-0.2, -0.15) is 4.37 Å². The fourth-order valence-corrected chi connectivity index (χ4v) is 5.10. The molecular weight excluding hydrogens is 442 g/mol. The number of hydrogen-bond acceptors (Lipinski definition) is 5. The first-order chi connectivity index (χ1) is 16.6. The Morgan fingerprint density at radius 3 is 2.50 bits per heavy atom. The highest BCUT2D eigenvalue weighted by Crippen LogP contribution is 2.29. The molecule has 2 heterocycles. The lowest BCUT2D eigenvalue weighted by Crippen LogP contribution is -2.47. The Kier molecular flexibility index (Phi) is 6.74. The number of rotatable bonds is 6. The second kappa shape index (κ2) is 10.2. The number of anilines is 3. The lowest BCUT2D eigenvalue weighted by molar-refractivity contribution is 0.260. The van der Waals surface area contributed by atoms with Crippen LogP contribution in [-0.2, 0) is 6.42 Å². The zero-order valence-corrected chi connectivity index (χ0v) is 20.1. The lowest BCUT2D eigenvalue weighted by Gasteiger charge is -2.35. The highest BCUT2D eigenvalue weighted by Gasteiger charge is 2.20. The van der Waals surface area contributed by atoms with Gasteiger partial charge in [0.1, 0.15) is 5.82 Å². The first kappa shape index (κ1) is 22.4. The third-order valence-corrected chi connectivity index (χ3v) is 7.06. The number of aromatic nitrogens is 1. The molecule has 0 unspecified atom stereocenters. The number of amides is 2. The van der Waals surface area contributed by atoms with Crippen molar-refractivity contribution in [3.63, 3.8) is 0 Å². The third-order valence-electron chi connectivity index (χ3n) is 6.24. The Labute approximate surface area is 204 Å². The van der Waals surface area contributed by atoms with Gasteiger partial charge in [0.15, 0.2) is 0 Å². The minimum atomic E-state index is -0.230. The summed E-state index contributed by atoms with van der Waals surface area (Å²) < 4.78 is 5.96. The second-order valence-electron chi connectivity index (χ2n) is 8.73. The molecule has 5 rings (SSSR count). The van der Waals surface area contributed by atoms with Crippen LogP contribution in [0.2, 0.25) is 0 Å². The second-order valence-corrected chi connectivity index (χ2v) is 9.53. The molecule has 1 fully saturated rings. The van der Waals surface area contributed by atoms with E-state index in [0.29, 0.717) is 0 Å². The maximum Gasteiger partial charge on any atom is 0.323 e. The van der Waals surface area contributed by atoms with Crippen molar-refractivity contribution in [2.24, 2.45) is 0 Å². The number of urea groups is 1. The minimum Gasteiger partial charge on any atom is -0.353 e. The minimum absolute atomic E-state index is 0.230. The molecule has 7 heteroatoms. The van der Waals surface area contributed by atoms with Crippen LogP contribution >= 0.6 is 11.5 Å². The Balaban J connectivity index is 1.11. The van der Waals surface area contributed by atoms with Gasteiger partial charge >= 0.3 is 6.03 Å². The Morgan fingerprint density at radius 1 is 0.912 bits per heavy atom. The topological polar surface area (TPSA) is 60.5 Å². The molecule has 0 aliphatic carbocycles. The van der Waals surface area contributed by atoms with E-state index in [2.05, 4.69) is 56.8 Å². The van der Waals surface area contributed by atoms with Crippen LogP contribution in [0, 0.1) is 6.92 Å². The molecule has 3 aromatic carbocycles. The summed E-state index contributed by atoms with van der Waals surface area (Å²) in [4.78, 5) is 17.3. The van der Waals surface area contributed by atoms with Crippen LogP contribution in [0.25, 0.3) is 10.1 Å². The van der Waals surface area contributed by atoms with E-state index in [1.165, 1.54) is 15.6 Å². The molecule has 0 spiro atoms. The molecule has 4 aromatic rings. The molecule has 0 bridgehead atoms. The number of nitrogens with one attached hydrogen (secondary N) is 2. The maximum atomic E-state index is 12.4. The molecule has 1 saturated heterocycles. The Morgan fingerprint density at radius 2 is 1.68 bits per heavy atom. The van der Waals surface area contributed by atoms with E-state index in [0.717, 1.165) is 61.9 Å². The van der Waals surface area contributed by atoms with Gasteiger partial charge in [0.25, 0.3) is 0 Å². The van der Waals surface area contributed by atoms with Crippen molar-refractivity contribution in [2.75, 3.05) is 48.3 Å². The van der Waals surface area contributed by atoms with E-state index in [1.54, 1.807) is 11.5 Å². The van der Waals surface area contributed by atoms with Crippen molar-refractivity contribution < 1.29 is 4.79 Å². The smallest absolute Gasteiger partial charge is 0.323 e. The molecule has 2 N–H and O–H groups in total. The molecule has 0 atom stereocenters. The van der Waals surface area contributed by atoms with Gasteiger partial charge in [0.05, 0.1) is 4.70 Å². The van der Waals surface area contributed by atoms with Gasteiger partial charge in [-0.3, -0.25) is 4.90 Å². The predicted octanol–water partition coefficient (Wildman–Crippen LogP) is 5.61. The fourth-order valence-electron chi connectivity index (χ4n) is 4.31. The Bertz CT molecular complexity index is 1260. The number of piperazine rings is 1. The monoisotopic (exact) mass is 471 g/mol. The average molecular weight is 472 g/mol. The summed E-state index contributed by atoms with van der Waals surface area (Å²) in [5, 5.41) is 7.08. The highest BCUT2D eigenvalue weighted by atomic mass is 32.1. The van der Waals surface area contributed by atoms with Crippen molar-refractivity contribution in [1.29, 1.82) is 0 Å². The van der Waals surface area contributed by atoms with Crippen LogP contribution in [0.3, 0.4) is 0 Å². The van der Waals surface area contributed by atoms with E-state index in [1.807, 2.05) is 43.3 Å². The van der Waals surface area contributed by atoms with Gasteiger partial charge in [0.2, 0.25) is 0 Å². The normalized spacial score (nSPS) is 14.3. The van der Waals surface area contributed by atoms with Crippen LogP contribution in [0.4, 0.5) is 22.0 Å². The summed E-state index contributed by atoms with van der Waals surface area (Å²) in [5.74, 6) is 1.13. The quantitative estimate of drug-likeness (QED) is 0.384. The number of hydrogen-bond donors (Lipinski definition) is 2. The number of fused-ring (bicyclic) bond motifs is 1. The molecule has 1 aliphatic rings. The van der Waals surface area contributed by atoms with E-state index in [4.69, 9.17) is 4.37 Å². The zero-order valence-electron chi connectivity index (χ0n) is 19.3. The van der Waals surface area contributed by atoms with Crippen molar-refractivity contribution in [2.45, 2.75) is 13.3 Å². The molecule has 2 amide bonds. The van der Waals surface area contributed by atoms with Crippen LogP contribution < -0.4 is 15.5 Å². The molecule has 34 heavy (non-hydrogen) atoms. The average Bonchev–Trinajstić information content (AvgIpc) is 3.29. The van der Waals surface area contributed by atoms with Crippen LogP contribution in [0.5, 0.6) is 0 Å². The van der Waals surface area contributed by atoms with Crippen LogP contribution in [0.1, 0.15) is 11.1 Å². The largest absolute Gasteiger partial charge is 0.353 e. The lowest BCUT2D eigenvalue weighted by atomic mass is 10.1. The summed E-state index contributed by atoms with van der Waals surface area (Å²) in [6.45, 7) is 7.08. The fraction of sp³-hybridized carbons (Fsp3) is 0.259. The van der Waals surface area contributed by atoms with Gasteiger partial charge in [-0.25, -0.2) is 4.79 Å². The molecule has 0 radical (unpaired) electrons. The highest BCUT2D eigenvalue weighted by molar-refractivity contribution is 7.13. The molecule has 6 nitrogen and oxygen atoms in total. The summed E-state index contributed by atoms with van der Waals surface area (Å²) in [6, 6.07) is 24.1.